The first-order valence-electron chi connectivity index (χ1n) is 5.01. The van der Waals surface area contributed by atoms with Crippen LogP contribution in [-0.2, 0) is 5.88 Å². The summed E-state index contributed by atoms with van der Waals surface area (Å²) < 4.78 is 13.5. The lowest BCUT2D eigenvalue weighted by Crippen LogP contribution is -1.87. The molecule has 0 aliphatic rings. The molecule has 0 aliphatic carbocycles. The average molecular weight is 324 g/mol. The van der Waals surface area contributed by atoms with Crippen molar-refractivity contribution in [2.75, 3.05) is 0 Å². The van der Waals surface area contributed by atoms with Crippen LogP contribution in [0.5, 0.6) is 0 Å². The summed E-state index contributed by atoms with van der Waals surface area (Å²) in [6, 6.07) is 7.66. The first kappa shape index (κ1) is 14.0. The van der Waals surface area contributed by atoms with Crippen molar-refractivity contribution in [2.24, 2.45) is 0 Å². The fraction of sp³-hybridized carbons (Fsp3) is 0.0769. The second kappa shape index (κ2) is 5.66. The third-order valence-electron chi connectivity index (χ3n) is 2.43. The van der Waals surface area contributed by atoms with E-state index in [1.54, 1.807) is 12.1 Å². The van der Waals surface area contributed by atoms with Crippen molar-refractivity contribution in [3.8, 4) is 11.1 Å². The monoisotopic (exact) mass is 322 g/mol. The summed E-state index contributed by atoms with van der Waals surface area (Å²) in [6.07, 6.45) is 0. The van der Waals surface area contributed by atoms with Gasteiger partial charge in [0.05, 0.1) is 10.0 Å². The van der Waals surface area contributed by atoms with Crippen molar-refractivity contribution in [1.29, 1.82) is 0 Å². The molecule has 2 aromatic carbocycles. The van der Waals surface area contributed by atoms with Gasteiger partial charge in [0, 0.05) is 16.5 Å². The van der Waals surface area contributed by atoms with Gasteiger partial charge in [0.2, 0.25) is 0 Å². The molecule has 0 aromatic heterocycles. The van der Waals surface area contributed by atoms with E-state index in [-0.39, 0.29) is 11.7 Å². The Labute approximate surface area is 124 Å². The third kappa shape index (κ3) is 2.92. The van der Waals surface area contributed by atoms with Gasteiger partial charge in [0.15, 0.2) is 0 Å². The van der Waals surface area contributed by atoms with E-state index in [1.807, 2.05) is 0 Å². The van der Waals surface area contributed by atoms with Gasteiger partial charge in [-0.05, 0) is 41.5 Å². The molecule has 0 nitrogen and oxygen atoms in total. The van der Waals surface area contributed by atoms with E-state index < -0.39 is 0 Å². The molecule has 0 spiro atoms. The van der Waals surface area contributed by atoms with Gasteiger partial charge in [-0.3, -0.25) is 0 Å². The molecule has 0 heterocycles. The molecule has 0 aliphatic heterocycles. The summed E-state index contributed by atoms with van der Waals surface area (Å²) in [6.45, 7) is 0. The molecule has 0 saturated heterocycles. The van der Waals surface area contributed by atoms with Crippen LogP contribution in [0.1, 0.15) is 5.56 Å². The van der Waals surface area contributed by atoms with Crippen LogP contribution < -0.4 is 0 Å². The summed E-state index contributed by atoms with van der Waals surface area (Å²) >= 11 is 23.6. The molecule has 0 N–H and O–H groups in total. The molecule has 0 saturated carbocycles. The van der Waals surface area contributed by atoms with Gasteiger partial charge in [-0.2, -0.15) is 0 Å². The molecule has 2 rings (SSSR count). The largest absolute Gasteiger partial charge is 0.207 e. The third-order valence-corrected chi connectivity index (χ3v) is 3.78. The van der Waals surface area contributed by atoms with E-state index in [0.29, 0.717) is 31.8 Å². The van der Waals surface area contributed by atoms with Crippen molar-refractivity contribution >= 4 is 46.4 Å². The number of halogens is 5. The van der Waals surface area contributed by atoms with Crippen molar-refractivity contribution < 1.29 is 4.39 Å². The maximum atomic E-state index is 13.5. The van der Waals surface area contributed by atoms with Gasteiger partial charge >= 0.3 is 0 Å². The van der Waals surface area contributed by atoms with Crippen LogP contribution in [0.4, 0.5) is 4.39 Å². The maximum absolute atomic E-state index is 13.5. The Bertz CT molecular complexity index is 596. The minimum absolute atomic E-state index is 0.226. The van der Waals surface area contributed by atoms with Crippen LogP contribution in [0.2, 0.25) is 15.1 Å². The number of benzene rings is 2. The first-order chi connectivity index (χ1) is 8.51. The molecule has 5 heteroatoms. The van der Waals surface area contributed by atoms with Crippen molar-refractivity contribution in [1.82, 2.24) is 0 Å². The van der Waals surface area contributed by atoms with Gasteiger partial charge in [0.25, 0.3) is 0 Å². The highest BCUT2D eigenvalue weighted by molar-refractivity contribution is 6.44. The Balaban J connectivity index is 2.61. The smallest absolute Gasteiger partial charge is 0.124 e. The van der Waals surface area contributed by atoms with Gasteiger partial charge in [-0.1, -0.05) is 34.8 Å². The van der Waals surface area contributed by atoms with Gasteiger partial charge in [-0.25, -0.2) is 4.39 Å². The molecule has 0 radical (unpaired) electrons. The van der Waals surface area contributed by atoms with Crippen LogP contribution in [0.25, 0.3) is 11.1 Å². The number of hydrogen-bond acceptors (Lipinski definition) is 0. The molecule has 0 bridgehead atoms. The van der Waals surface area contributed by atoms with Gasteiger partial charge in [-0.15, -0.1) is 11.6 Å². The van der Waals surface area contributed by atoms with E-state index >= 15 is 0 Å². The van der Waals surface area contributed by atoms with Crippen LogP contribution in [0.3, 0.4) is 0 Å². The molecule has 0 atom stereocenters. The lowest BCUT2D eigenvalue weighted by Gasteiger charge is -2.08. The van der Waals surface area contributed by atoms with Crippen LogP contribution in [0, 0.1) is 5.82 Å². The second-order valence-electron chi connectivity index (χ2n) is 3.73. The molecular formula is C13H7Cl4F. The summed E-state index contributed by atoms with van der Waals surface area (Å²) in [5.41, 5.74) is 1.92. The second-order valence-corrected chi connectivity index (χ2v) is 5.22. The van der Waals surface area contributed by atoms with E-state index in [9.17, 15) is 4.39 Å². The molecule has 2 aromatic rings. The predicted octanol–water partition coefficient (Wildman–Crippen LogP) is 6.19. The van der Waals surface area contributed by atoms with Gasteiger partial charge in [0.1, 0.15) is 5.82 Å². The standard InChI is InChI=1S/C13H7Cl4F/c14-6-7-1-8(3-9(18)2-7)10-4-12(16)13(17)5-11(10)15/h1-5H,6H2. The molecule has 94 valence electrons. The normalized spacial score (nSPS) is 10.7. The molecule has 0 fully saturated rings. The molecular weight excluding hydrogens is 317 g/mol. The Kier molecular flexibility index (Phi) is 4.39. The fourth-order valence-electron chi connectivity index (χ4n) is 1.63. The predicted molar refractivity (Wildman–Crippen MR) is 76.4 cm³/mol. The van der Waals surface area contributed by atoms with Gasteiger partial charge < -0.3 is 0 Å². The fourth-order valence-corrected chi connectivity index (χ4v) is 2.44. The topological polar surface area (TPSA) is 0 Å². The first-order valence-corrected chi connectivity index (χ1v) is 6.68. The highest BCUT2D eigenvalue weighted by Gasteiger charge is 2.10. The zero-order chi connectivity index (χ0) is 13.3. The minimum atomic E-state index is -0.370. The van der Waals surface area contributed by atoms with Crippen molar-refractivity contribution in [3.05, 3.63) is 56.8 Å². The van der Waals surface area contributed by atoms with Crippen molar-refractivity contribution in [2.45, 2.75) is 5.88 Å². The highest BCUT2D eigenvalue weighted by atomic mass is 35.5. The summed E-state index contributed by atoms with van der Waals surface area (Å²) in [4.78, 5) is 0. The number of rotatable bonds is 2. The maximum Gasteiger partial charge on any atom is 0.124 e. The van der Waals surface area contributed by atoms with E-state index in [0.717, 1.165) is 0 Å². The zero-order valence-electron chi connectivity index (χ0n) is 8.98. The summed E-state index contributed by atoms with van der Waals surface area (Å²) in [5, 5.41) is 1.14. The number of alkyl halides is 1. The SMILES string of the molecule is Fc1cc(CCl)cc(-c2cc(Cl)c(Cl)cc2Cl)c1. The van der Waals surface area contributed by atoms with E-state index in [4.69, 9.17) is 46.4 Å². The van der Waals surface area contributed by atoms with E-state index in [2.05, 4.69) is 0 Å². The molecule has 0 unspecified atom stereocenters. The number of hydrogen-bond donors (Lipinski definition) is 0. The Morgan fingerprint density at radius 1 is 0.833 bits per heavy atom. The Hall–Kier alpha value is -0.470. The summed E-state index contributed by atoms with van der Waals surface area (Å²) in [7, 11) is 0. The van der Waals surface area contributed by atoms with Crippen LogP contribution in [-0.4, -0.2) is 0 Å². The van der Waals surface area contributed by atoms with E-state index in [1.165, 1.54) is 18.2 Å². The Morgan fingerprint density at radius 2 is 1.50 bits per heavy atom. The van der Waals surface area contributed by atoms with Crippen molar-refractivity contribution in [3.63, 3.8) is 0 Å². The highest BCUT2D eigenvalue weighted by Crippen LogP contribution is 2.35. The zero-order valence-corrected chi connectivity index (χ0v) is 12.0. The average Bonchev–Trinajstić information content (AvgIpc) is 2.33. The molecule has 18 heavy (non-hydrogen) atoms. The quantitative estimate of drug-likeness (QED) is 0.456. The Morgan fingerprint density at radius 3 is 2.17 bits per heavy atom. The lowest BCUT2D eigenvalue weighted by atomic mass is 10.0. The summed E-state index contributed by atoms with van der Waals surface area (Å²) in [5.74, 6) is -0.144. The van der Waals surface area contributed by atoms with Crippen LogP contribution >= 0.6 is 46.4 Å². The lowest BCUT2D eigenvalue weighted by molar-refractivity contribution is 0.627. The van der Waals surface area contributed by atoms with Crippen LogP contribution in [0.15, 0.2) is 30.3 Å². The minimum Gasteiger partial charge on any atom is -0.207 e. The molecule has 0 amide bonds.